The van der Waals surface area contributed by atoms with Crippen LogP contribution >= 0.6 is 0 Å². The van der Waals surface area contributed by atoms with Crippen LogP contribution in [0, 0.1) is 12.8 Å². The van der Waals surface area contributed by atoms with Crippen molar-refractivity contribution >= 4 is 15.5 Å². The number of anilines is 1. The minimum absolute atomic E-state index is 0.171. The fourth-order valence-corrected chi connectivity index (χ4v) is 3.84. The van der Waals surface area contributed by atoms with E-state index in [0.717, 1.165) is 18.4 Å². The molecular weight excluding hydrogens is 234 g/mol. The molecule has 0 aliphatic rings. The van der Waals surface area contributed by atoms with Gasteiger partial charge in [-0.15, -0.1) is 0 Å². The fourth-order valence-electron chi connectivity index (χ4n) is 1.97. The summed E-state index contributed by atoms with van der Waals surface area (Å²) in [7, 11) is -3.26. The zero-order valence-corrected chi connectivity index (χ0v) is 11.5. The van der Waals surface area contributed by atoms with Crippen LogP contribution in [0.4, 0.5) is 5.69 Å². The van der Waals surface area contributed by atoms with Gasteiger partial charge in [-0.2, -0.15) is 0 Å². The Morgan fingerprint density at radius 3 is 2.59 bits per heavy atom. The number of sulfone groups is 1. The van der Waals surface area contributed by atoms with Gasteiger partial charge in [0, 0.05) is 0 Å². The Morgan fingerprint density at radius 2 is 2.00 bits per heavy atom. The van der Waals surface area contributed by atoms with Crippen molar-refractivity contribution < 1.29 is 8.42 Å². The number of nitrogen functional groups attached to an aromatic ring is 1. The van der Waals surface area contributed by atoms with Crippen LogP contribution in [-0.4, -0.2) is 14.2 Å². The summed E-state index contributed by atoms with van der Waals surface area (Å²) in [4.78, 5) is 0.278. The van der Waals surface area contributed by atoms with Gasteiger partial charge < -0.3 is 5.73 Å². The maximum absolute atomic E-state index is 12.2. The Morgan fingerprint density at radius 1 is 1.35 bits per heavy atom. The van der Waals surface area contributed by atoms with E-state index in [2.05, 4.69) is 6.92 Å². The highest BCUT2D eigenvalue weighted by molar-refractivity contribution is 7.91. The molecule has 0 aliphatic carbocycles. The summed E-state index contributed by atoms with van der Waals surface area (Å²) >= 11 is 0. The number of aryl methyl sites for hydroxylation is 1. The first-order valence-corrected chi connectivity index (χ1v) is 7.61. The Balaban J connectivity index is 3.02. The van der Waals surface area contributed by atoms with Crippen LogP contribution < -0.4 is 5.73 Å². The maximum atomic E-state index is 12.2. The molecule has 1 unspecified atom stereocenters. The first kappa shape index (κ1) is 14.0. The predicted molar refractivity (Wildman–Crippen MR) is 71.7 cm³/mol. The van der Waals surface area contributed by atoms with E-state index < -0.39 is 9.84 Å². The van der Waals surface area contributed by atoms with Crippen LogP contribution in [0.2, 0.25) is 0 Å². The topological polar surface area (TPSA) is 60.2 Å². The van der Waals surface area contributed by atoms with Gasteiger partial charge in [-0.3, -0.25) is 0 Å². The van der Waals surface area contributed by atoms with Gasteiger partial charge in [-0.1, -0.05) is 32.4 Å². The fraction of sp³-hybridized carbons (Fsp3) is 0.538. The Bertz CT molecular complexity index is 480. The summed E-state index contributed by atoms with van der Waals surface area (Å²) in [6.45, 7) is 5.85. The first-order chi connectivity index (χ1) is 7.88. The lowest BCUT2D eigenvalue weighted by atomic mass is 10.1. The molecule has 0 heterocycles. The molecule has 0 amide bonds. The summed E-state index contributed by atoms with van der Waals surface area (Å²) in [6, 6.07) is 5.16. The lowest BCUT2D eigenvalue weighted by molar-refractivity contribution is 0.545. The Labute approximate surface area is 104 Å². The van der Waals surface area contributed by atoms with E-state index in [1.165, 1.54) is 0 Å². The normalized spacial score (nSPS) is 13.6. The standard InChI is InChI=1S/C13H21NO2S/c1-4-6-10(2)9-17(15,16)12-8-5-7-11(3)13(12)14/h5,7-8,10H,4,6,9,14H2,1-3H3. The van der Waals surface area contributed by atoms with Gasteiger partial charge in [0.1, 0.15) is 0 Å². The van der Waals surface area contributed by atoms with E-state index in [1.807, 2.05) is 19.9 Å². The molecule has 96 valence electrons. The highest BCUT2D eigenvalue weighted by atomic mass is 32.2. The maximum Gasteiger partial charge on any atom is 0.180 e. The van der Waals surface area contributed by atoms with Gasteiger partial charge in [0.15, 0.2) is 9.84 Å². The molecule has 1 rings (SSSR count). The monoisotopic (exact) mass is 255 g/mol. The zero-order valence-electron chi connectivity index (χ0n) is 10.7. The summed E-state index contributed by atoms with van der Waals surface area (Å²) in [5, 5.41) is 0. The van der Waals surface area contributed by atoms with Crippen molar-refractivity contribution in [2.75, 3.05) is 11.5 Å². The molecule has 1 atom stereocenters. The van der Waals surface area contributed by atoms with Gasteiger partial charge in [0.2, 0.25) is 0 Å². The minimum Gasteiger partial charge on any atom is -0.397 e. The summed E-state index contributed by atoms with van der Waals surface area (Å²) in [6.07, 6.45) is 1.92. The van der Waals surface area contributed by atoms with Crippen molar-refractivity contribution in [3.63, 3.8) is 0 Å². The molecule has 0 fully saturated rings. The van der Waals surface area contributed by atoms with Gasteiger partial charge in [-0.05, 0) is 30.9 Å². The van der Waals surface area contributed by atoms with E-state index in [4.69, 9.17) is 5.73 Å². The van der Waals surface area contributed by atoms with E-state index >= 15 is 0 Å². The van der Waals surface area contributed by atoms with Crippen LogP contribution in [0.3, 0.4) is 0 Å². The largest absolute Gasteiger partial charge is 0.397 e. The lowest BCUT2D eigenvalue weighted by Crippen LogP contribution is -2.15. The Hall–Kier alpha value is -1.03. The second-order valence-electron chi connectivity index (χ2n) is 4.66. The lowest BCUT2D eigenvalue weighted by Gasteiger charge is -2.13. The average Bonchev–Trinajstić information content (AvgIpc) is 2.21. The number of nitrogens with two attached hydrogens (primary N) is 1. The van der Waals surface area contributed by atoms with Crippen molar-refractivity contribution in [3.05, 3.63) is 23.8 Å². The van der Waals surface area contributed by atoms with E-state index in [9.17, 15) is 8.42 Å². The average molecular weight is 255 g/mol. The van der Waals surface area contributed by atoms with Crippen LogP contribution in [0.25, 0.3) is 0 Å². The molecule has 3 nitrogen and oxygen atoms in total. The molecule has 4 heteroatoms. The molecule has 17 heavy (non-hydrogen) atoms. The number of benzene rings is 1. The highest BCUT2D eigenvalue weighted by Crippen LogP contribution is 2.24. The molecule has 0 spiro atoms. The summed E-state index contributed by atoms with van der Waals surface area (Å²) < 4.78 is 24.4. The smallest absolute Gasteiger partial charge is 0.180 e. The third-order valence-electron chi connectivity index (χ3n) is 2.90. The van der Waals surface area contributed by atoms with Crippen molar-refractivity contribution in [2.45, 2.75) is 38.5 Å². The number of hydrogen-bond donors (Lipinski definition) is 1. The molecule has 0 saturated heterocycles. The van der Waals surface area contributed by atoms with Crippen molar-refractivity contribution in [1.82, 2.24) is 0 Å². The van der Waals surface area contributed by atoms with Crippen LogP contribution in [-0.2, 0) is 9.84 Å². The summed E-state index contributed by atoms with van der Waals surface area (Å²) in [5.74, 6) is 0.346. The van der Waals surface area contributed by atoms with Crippen LogP contribution in [0.5, 0.6) is 0 Å². The van der Waals surface area contributed by atoms with E-state index in [0.29, 0.717) is 5.69 Å². The van der Waals surface area contributed by atoms with Crippen LogP contribution in [0.15, 0.2) is 23.1 Å². The predicted octanol–water partition coefficient (Wildman–Crippen LogP) is 2.79. The molecule has 2 N–H and O–H groups in total. The summed E-state index contributed by atoms with van der Waals surface area (Å²) in [5.41, 5.74) is 7.04. The van der Waals surface area contributed by atoms with Crippen LogP contribution in [0.1, 0.15) is 32.3 Å². The number of hydrogen-bond acceptors (Lipinski definition) is 3. The zero-order chi connectivity index (χ0) is 13.1. The molecule has 0 aromatic heterocycles. The third-order valence-corrected chi connectivity index (χ3v) is 4.94. The molecular formula is C13H21NO2S. The molecule has 1 aromatic carbocycles. The molecule has 1 aromatic rings. The van der Waals surface area contributed by atoms with E-state index in [1.54, 1.807) is 12.1 Å². The van der Waals surface area contributed by atoms with Crippen molar-refractivity contribution in [3.8, 4) is 0 Å². The van der Waals surface area contributed by atoms with E-state index in [-0.39, 0.29) is 16.6 Å². The molecule has 0 aliphatic heterocycles. The van der Waals surface area contributed by atoms with Gasteiger partial charge in [0.25, 0.3) is 0 Å². The van der Waals surface area contributed by atoms with Crippen molar-refractivity contribution in [2.24, 2.45) is 5.92 Å². The molecule has 0 saturated carbocycles. The van der Waals surface area contributed by atoms with Crippen molar-refractivity contribution in [1.29, 1.82) is 0 Å². The first-order valence-electron chi connectivity index (χ1n) is 5.96. The SMILES string of the molecule is CCCC(C)CS(=O)(=O)c1cccc(C)c1N. The third kappa shape index (κ3) is 3.46. The molecule has 0 bridgehead atoms. The second-order valence-corrected chi connectivity index (χ2v) is 6.66. The second kappa shape index (κ2) is 5.54. The quantitative estimate of drug-likeness (QED) is 0.823. The number of rotatable bonds is 5. The van der Waals surface area contributed by atoms with Gasteiger partial charge >= 0.3 is 0 Å². The minimum atomic E-state index is -3.26. The van der Waals surface area contributed by atoms with Gasteiger partial charge in [0.05, 0.1) is 16.3 Å². The number of para-hydroxylation sites is 1. The molecule has 0 radical (unpaired) electrons. The highest BCUT2D eigenvalue weighted by Gasteiger charge is 2.21. The van der Waals surface area contributed by atoms with Gasteiger partial charge in [-0.25, -0.2) is 8.42 Å². The Kier molecular flexibility index (Phi) is 4.57.